The average molecular weight is 495 g/mol. The molecule has 0 aliphatic carbocycles. The van der Waals surface area contributed by atoms with Crippen LogP contribution in [0.5, 0.6) is 0 Å². The zero-order valence-corrected chi connectivity index (χ0v) is 24.8. The van der Waals surface area contributed by atoms with Gasteiger partial charge in [0, 0.05) is 0 Å². The third-order valence-electron chi connectivity index (χ3n) is 8.25. The van der Waals surface area contributed by atoms with Crippen LogP contribution in [-0.2, 0) is 4.79 Å². The Morgan fingerprint density at radius 2 is 0.914 bits per heavy atom. The van der Waals surface area contributed by atoms with E-state index in [1.165, 1.54) is 148 Å². The molecule has 0 aromatic heterocycles. The normalized spacial score (nSPS) is 14.2. The largest absolute Gasteiger partial charge is 0.481 e. The molecule has 0 aromatic rings. The monoisotopic (exact) mass is 495 g/mol. The smallest absolute Gasteiger partial charge is 0.309 e. The lowest BCUT2D eigenvalue weighted by Gasteiger charge is -2.30. The van der Waals surface area contributed by atoms with E-state index in [4.69, 9.17) is 0 Å². The number of carboxylic acid groups (broad SMARTS) is 1. The van der Waals surface area contributed by atoms with Crippen molar-refractivity contribution in [1.29, 1.82) is 0 Å². The van der Waals surface area contributed by atoms with E-state index in [1.54, 1.807) is 0 Å². The number of hydrogen-bond donors (Lipinski definition) is 1. The van der Waals surface area contributed by atoms with Crippen LogP contribution in [0.25, 0.3) is 0 Å². The Morgan fingerprint density at radius 3 is 1.29 bits per heavy atom. The zero-order valence-electron chi connectivity index (χ0n) is 24.8. The summed E-state index contributed by atoms with van der Waals surface area (Å²) < 4.78 is 0. The Kier molecular flexibility index (Phi) is 24.8. The van der Waals surface area contributed by atoms with Crippen molar-refractivity contribution in [2.45, 2.75) is 195 Å². The summed E-state index contributed by atoms with van der Waals surface area (Å²) in [5.41, 5.74) is -0.530. The molecule has 0 fully saturated rings. The van der Waals surface area contributed by atoms with Crippen LogP contribution in [0, 0.1) is 11.3 Å². The molecule has 0 heterocycles. The number of aliphatic carboxylic acids is 1. The second-order valence-corrected chi connectivity index (χ2v) is 12.0. The standard InChI is InChI=1S/C33H66O2/c1-5-8-10-12-14-15-16-17-18-19-20-22-24-26-29-33(4,32(34)35)30-31(27-7-3)28-25-23-21-13-11-9-6-2/h31H,5-30H2,1-4H3,(H,34,35). The van der Waals surface area contributed by atoms with Crippen molar-refractivity contribution in [3.05, 3.63) is 0 Å². The summed E-state index contributed by atoms with van der Waals surface area (Å²) in [5, 5.41) is 10.0. The highest BCUT2D eigenvalue weighted by atomic mass is 16.4. The van der Waals surface area contributed by atoms with Crippen molar-refractivity contribution >= 4 is 5.97 Å². The van der Waals surface area contributed by atoms with E-state index in [0.717, 1.165) is 19.3 Å². The summed E-state index contributed by atoms with van der Waals surface area (Å²) in [6, 6.07) is 0. The van der Waals surface area contributed by atoms with Gasteiger partial charge >= 0.3 is 5.97 Å². The SMILES string of the molecule is CCCCCCCCCCCCCCCCC(C)(CC(CCC)CCCCCCCCC)C(=O)O. The molecule has 2 unspecified atom stereocenters. The average Bonchev–Trinajstić information content (AvgIpc) is 2.83. The van der Waals surface area contributed by atoms with E-state index in [1.807, 2.05) is 6.92 Å². The maximum atomic E-state index is 12.2. The molecule has 0 aliphatic heterocycles. The van der Waals surface area contributed by atoms with Gasteiger partial charge in [-0.1, -0.05) is 175 Å². The minimum Gasteiger partial charge on any atom is -0.481 e. The van der Waals surface area contributed by atoms with E-state index in [2.05, 4.69) is 20.8 Å². The van der Waals surface area contributed by atoms with Gasteiger partial charge in [0.05, 0.1) is 5.41 Å². The van der Waals surface area contributed by atoms with Gasteiger partial charge < -0.3 is 5.11 Å². The molecule has 2 atom stereocenters. The summed E-state index contributed by atoms with van der Waals surface area (Å²) in [6.07, 6.45) is 33.7. The first-order valence-corrected chi connectivity index (χ1v) is 16.2. The van der Waals surface area contributed by atoms with Gasteiger partial charge in [-0.25, -0.2) is 0 Å². The van der Waals surface area contributed by atoms with E-state index in [0.29, 0.717) is 5.92 Å². The van der Waals surface area contributed by atoms with Crippen LogP contribution >= 0.6 is 0 Å². The highest BCUT2D eigenvalue weighted by Gasteiger charge is 2.34. The van der Waals surface area contributed by atoms with Crippen LogP contribution in [0.1, 0.15) is 195 Å². The van der Waals surface area contributed by atoms with Crippen LogP contribution in [0.4, 0.5) is 0 Å². The van der Waals surface area contributed by atoms with Gasteiger partial charge in [0.1, 0.15) is 0 Å². The lowest BCUT2D eigenvalue weighted by Crippen LogP contribution is -2.30. The van der Waals surface area contributed by atoms with Crippen LogP contribution < -0.4 is 0 Å². The number of carboxylic acids is 1. The van der Waals surface area contributed by atoms with Gasteiger partial charge in [-0.15, -0.1) is 0 Å². The lowest BCUT2D eigenvalue weighted by molar-refractivity contribution is -0.149. The van der Waals surface area contributed by atoms with E-state index in [9.17, 15) is 9.90 Å². The Labute approximate surface area is 221 Å². The van der Waals surface area contributed by atoms with Gasteiger partial charge in [0.25, 0.3) is 0 Å². The maximum Gasteiger partial charge on any atom is 0.309 e. The fraction of sp³-hybridized carbons (Fsp3) is 0.970. The quantitative estimate of drug-likeness (QED) is 0.110. The minimum absolute atomic E-state index is 0.530. The summed E-state index contributed by atoms with van der Waals surface area (Å²) in [5.74, 6) is 0.0243. The predicted octanol–water partition coefficient (Wildman–Crippen LogP) is 11.9. The second kappa shape index (κ2) is 25.1. The molecular weight excluding hydrogens is 428 g/mol. The van der Waals surface area contributed by atoms with Crippen LogP contribution in [0.3, 0.4) is 0 Å². The summed E-state index contributed by atoms with van der Waals surface area (Å²) in [4.78, 5) is 12.2. The van der Waals surface area contributed by atoms with Gasteiger partial charge in [-0.3, -0.25) is 4.79 Å². The van der Waals surface area contributed by atoms with Gasteiger partial charge in [0.15, 0.2) is 0 Å². The minimum atomic E-state index is -0.562. The predicted molar refractivity (Wildman–Crippen MR) is 156 cm³/mol. The van der Waals surface area contributed by atoms with E-state index in [-0.39, 0.29) is 0 Å². The molecule has 0 aliphatic rings. The van der Waals surface area contributed by atoms with Gasteiger partial charge in [-0.2, -0.15) is 0 Å². The molecule has 0 bridgehead atoms. The molecule has 0 saturated carbocycles. The first kappa shape index (κ1) is 34.5. The molecule has 0 spiro atoms. The maximum absolute atomic E-state index is 12.2. The van der Waals surface area contributed by atoms with Gasteiger partial charge in [-0.05, 0) is 25.7 Å². The lowest BCUT2D eigenvalue weighted by atomic mass is 9.74. The van der Waals surface area contributed by atoms with Crippen molar-refractivity contribution in [2.75, 3.05) is 0 Å². The molecule has 0 amide bonds. The molecule has 210 valence electrons. The summed E-state index contributed by atoms with van der Waals surface area (Å²) in [7, 11) is 0. The Morgan fingerprint density at radius 1 is 0.543 bits per heavy atom. The third-order valence-corrected chi connectivity index (χ3v) is 8.25. The second-order valence-electron chi connectivity index (χ2n) is 12.0. The molecule has 2 nitrogen and oxygen atoms in total. The zero-order chi connectivity index (χ0) is 26.0. The van der Waals surface area contributed by atoms with Crippen molar-refractivity contribution in [3.8, 4) is 0 Å². The fourth-order valence-corrected chi connectivity index (χ4v) is 5.79. The van der Waals surface area contributed by atoms with Crippen molar-refractivity contribution < 1.29 is 9.90 Å². The van der Waals surface area contributed by atoms with Crippen LogP contribution in [-0.4, -0.2) is 11.1 Å². The molecule has 0 radical (unpaired) electrons. The Balaban J connectivity index is 3.98. The number of rotatable bonds is 28. The van der Waals surface area contributed by atoms with Gasteiger partial charge in [0.2, 0.25) is 0 Å². The molecule has 0 saturated heterocycles. The Bertz CT molecular complexity index is 446. The molecule has 0 rings (SSSR count). The van der Waals surface area contributed by atoms with Crippen LogP contribution in [0.2, 0.25) is 0 Å². The molecule has 1 N–H and O–H groups in total. The first-order valence-electron chi connectivity index (χ1n) is 16.2. The van der Waals surface area contributed by atoms with Crippen LogP contribution in [0.15, 0.2) is 0 Å². The van der Waals surface area contributed by atoms with E-state index >= 15 is 0 Å². The highest BCUT2D eigenvalue weighted by molar-refractivity contribution is 5.74. The fourth-order valence-electron chi connectivity index (χ4n) is 5.79. The van der Waals surface area contributed by atoms with E-state index < -0.39 is 11.4 Å². The summed E-state index contributed by atoms with van der Waals surface area (Å²) >= 11 is 0. The highest BCUT2D eigenvalue weighted by Crippen LogP contribution is 2.36. The number of carbonyl (C=O) groups is 1. The number of unbranched alkanes of at least 4 members (excludes halogenated alkanes) is 19. The third kappa shape index (κ3) is 21.3. The molecule has 35 heavy (non-hydrogen) atoms. The van der Waals surface area contributed by atoms with Crippen molar-refractivity contribution in [2.24, 2.45) is 11.3 Å². The molecule has 0 aromatic carbocycles. The van der Waals surface area contributed by atoms with Crippen molar-refractivity contribution in [1.82, 2.24) is 0 Å². The topological polar surface area (TPSA) is 37.3 Å². The molecule has 2 heteroatoms. The van der Waals surface area contributed by atoms with Crippen molar-refractivity contribution in [3.63, 3.8) is 0 Å². The summed E-state index contributed by atoms with van der Waals surface area (Å²) in [6.45, 7) is 8.84. The molecular formula is C33H66O2. The Hall–Kier alpha value is -0.530. The first-order chi connectivity index (χ1) is 17.0. The number of hydrogen-bond acceptors (Lipinski definition) is 1.